The Bertz CT molecular complexity index is 548. The third-order valence-corrected chi connectivity index (χ3v) is 2.44. The summed E-state index contributed by atoms with van der Waals surface area (Å²) in [5.41, 5.74) is 6.57. The van der Waals surface area contributed by atoms with Crippen LogP contribution in [0.5, 0.6) is 0 Å². The Morgan fingerprint density at radius 2 is 2.21 bits per heavy atom. The van der Waals surface area contributed by atoms with Crippen molar-refractivity contribution in [1.29, 1.82) is 0 Å². The van der Waals surface area contributed by atoms with Crippen molar-refractivity contribution in [3.8, 4) is 0 Å². The first-order valence-electron chi connectivity index (χ1n) is 6.02. The number of nitrogens with two attached hydrogens (primary N) is 1. The summed E-state index contributed by atoms with van der Waals surface area (Å²) in [6.07, 6.45) is 2.66. The topological polar surface area (TPSA) is 80.6 Å². The normalized spacial score (nSPS) is 11.6. The van der Waals surface area contributed by atoms with Crippen LogP contribution >= 0.6 is 24.0 Å². The number of fused-ring (bicyclic) bond motifs is 1. The van der Waals surface area contributed by atoms with Crippen molar-refractivity contribution in [3.05, 3.63) is 30.2 Å². The predicted molar refractivity (Wildman–Crippen MR) is 86.9 cm³/mol. The summed E-state index contributed by atoms with van der Waals surface area (Å²) >= 11 is 0. The van der Waals surface area contributed by atoms with Crippen molar-refractivity contribution in [3.63, 3.8) is 0 Å². The van der Waals surface area contributed by atoms with Crippen molar-refractivity contribution in [2.75, 3.05) is 6.54 Å². The Labute approximate surface area is 129 Å². The van der Waals surface area contributed by atoms with E-state index >= 15 is 0 Å². The SMILES string of the molecule is CC(C)NC(N)=NCCc1nnc2ccccn12.I. The minimum Gasteiger partial charge on any atom is -0.370 e. The first-order chi connectivity index (χ1) is 8.66. The molecule has 2 aromatic heterocycles. The van der Waals surface area contributed by atoms with Gasteiger partial charge in [-0.2, -0.15) is 0 Å². The molecule has 0 atom stereocenters. The van der Waals surface area contributed by atoms with Crippen LogP contribution in [0.4, 0.5) is 0 Å². The molecule has 6 nitrogen and oxygen atoms in total. The fourth-order valence-electron chi connectivity index (χ4n) is 1.68. The van der Waals surface area contributed by atoms with Gasteiger partial charge in [0.05, 0.1) is 0 Å². The van der Waals surface area contributed by atoms with Crippen LogP contribution in [0.2, 0.25) is 0 Å². The molecule has 0 spiro atoms. The third-order valence-electron chi connectivity index (χ3n) is 2.44. The van der Waals surface area contributed by atoms with E-state index < -0.39 is 0 Å². The maximum atomic E-state index is 5.72. The van der Waals surface area contributed by atoms with Crippen LogP contribution < -0.4 is 11.1 Å². The summed E-state index contributed by atoms with van der Waals surface area (Å²) in [7, 11) is 0. The van der Waals surface area contributed by atoms with Crippen LogP contribution in [-0.4, -0.2) is 33.1 Å². The lowest BCUT2D eigenvalue weighted by Crippen LogP contribution is -2.36. The Hall–Kier alpha value is -1.38. The van der Waals surface area contributed by atoms with Crippen LogP contribution in [0.15, 0.2) is 29.4 Å². The maximum Gasteiger partial charge on any atom is 0.188 e. The zero-order chi connectivity index (χ0) is 13.0. The summed E-state index contributed by atoms with van der Waals surface area (Å²) in [6.45, 7) is 4.64. The molecule has 19 heavy (non-hydrogen) atoms. The molecular formula is C12H19IN6. The first kappa shape index (κ1) is 15.7. The molecule has 0 bridgehead atoms. The van der Waals surface area contributed by atoms with Gasteiger partial charge in [0.25, 0.3) is 0 Å². The number of hydrogen-bond acceptors (Lipinski definition) is 3. The molecule has 0 saturated heterocycles. The molecule has 104 valence electrons. The van der Waals surface area contributed by atoms with Crippen molar-refractivity contribution in [2.45, 2.75) is 26.3 Å². The first-order valence-corrected chi connectivity index (χ1v) is 6.02. The van der Waals surface area contributed by atoms with Gasteiger partial charge >= 0.3 is 0 Å². The number of nitrogens with zero attached hydrogens (tertiary/aromatic N) is 4. The minimum atomic E-state index is 0. The fraction of sp³-hybridized carbons (Fsp3) is 0.417. The second kappa shape index (κ2) is 7.27. The number of guanidine groups is 1. The van der Waals surface area contributed by atoms with Gasteiger partial charge in [0.1, 0.15) is 5.82 Å². The number of aromatic nitrogens is 3. The van der Waals surface area contributed by atoms with Crippen LogP contribution in [0.1, 0.15) is 19.7 Å². The van der Waals surface area contributed by atoms with Gasteiger partial charge in [-0.05, 0) is 26.0 Å². The van der Waals surface area contributed by atoms with Gasteiger partial charge in [-0.3, -0.25) is 9.39 Å². The number of hydrogen-bond donors (Lipinski definition) is 2. The van der Waals surface area contributed by atoms with Gasteiger partial charge < -0.3 is 11.1 Å². The van der Waals surface area contributed by atoms with E-state index in [1.165, 1.54) is 0 Å². The summed E-state index contributed by atoms with van der Waals surface area (Å²) < 4.78 is 1.96. The van der Waals surface area contributed by atoms with E-state index in [1.807, 2.05) is 42.6 Å². The minimum absolute atomic E-state index is 0. The molecule has 0 aliphatic rings. The van der Waals surface area contributed by atoms with Gasteiger partial charge in [-0.15, -0.1) is 34.2 Å². The fourth-order valence-corrected chi connectivity index (χ4v) is 1.68. The lowest BCUT2D eigenvalue weighted by atomic mass is 10.4. The third kappa shape index (κ3) is 4.34. The largest absolute Gasteiger partial charge is 0.370 e. The van der Waals surface area contributed by atoms with E-state index in [9.17, 15) is 0 Å². The molecule has 0 aliphatic carbocycles. The van der Waals surface area contributed by atoms with Crippen molar-refractivity contribution >= 4 is 35.6 Å². The van der Waals surface area contributed by atoms with Crippen LogP contribution in [0.3, 0.4) is 0 Å². The molecule has 0 radical (unpaired) electrons. The number of halogens is 1. The summed E-state index contributed by atoms with van der Waals surface area (Å²) in [5, 5.41) is 11.3. The Morgan fingerprint density at radius 1 is 1.42 bits per heavy atom. The van der Waals surface area contributed by atoms with Gasteiger partial charge in [0, 0.05) is 25.2 Å². The highest BCUT2D eigenvalue weighted by atomic mass is 127. The molecule has 2 heterocycles. The molecule has 0 aliphatic heterocycles. The van der Waals surface area contributed by atoms with E-state index in [2.05, 4.69) is 20.5 Å². The molecule has 3 N–H and O–H groups in total. The molecule has 7 heteroatoms. The average Bonchev–Trinajstić information content (AvgIpc) is 2.72. The van der Waals surface area contributed by atoms with Crippen LogP contribution in [0, 0.1) is 0 Å². The van der Waals surface area contributed by atoms with E-state index in [0.29, 0.717) is 25.0 Å². The Morgan fingerprint density at radius 3 is 2.95 bits per heavy atom. The highest BCUT2D eigenvalue weighted by molar-refractivity contribution is 14.0. The number of nitrogens with one attached hydrogen (secondary N) is 1. The van der Waals surface area contributed by atoms with Crippen molar-refractivity contribution in [1.82, 2.24) is 19.9 Å². The van der Waals surface area contributed by atoms with Crippen LogP contribution in [0.25, 0.3) is 5.65 Å². The molecule has 0 aromatic carbocycles. The van der Waals surface area contributed by atoms with Gasteiger partial charge in [0.15, 0.2) is 11.6 Å². The maximum absolute atomic E-state index is 5.72. The number of pyridine rings is 1. The molecule has 0 fully saturated rings. The molecule has 0 saturated carbocycles. The second-order valence-electron chi connectivity index (χ2n) is 4.36. The summed E-state index contributed by atoms with van der Waals surface area (Å²) in [5.74, 6) is 1.37. The highest BCUT2D eigenvalue weighted by Gasteiger charge is 2.03. The average molecular weight is 374 g/mol. The zero-order valence-electron chi connectivity index (χ0n) is 11.1. The molecule has 0 unspecified atom stereocenters. The van der Waals surface area contributed by atoms with E-state index in [4.69, 9.17) is 5.73 Å². The molecule has 2 aromatic rings. The Kier molecular flexibility index (Phi) is 6.00. The van der Waals surface area contributed by atoms with E-state index in [0.717, 1.165) is 11.5 Å². The standard InChI is InChI=1S/C12H18N6.HI/c1-9(2)15-12(13)14-7-6-11-17-16-10-5-3-4-8-18(10)11;/h3-5,8-9H,6-7H2,1-2H3,(H3,13,14,15);1H. The summed E-state index contributed by atoms with van der Waals surface area (Å²) in [4.78, 5) is 4.25. The monoisotopic (exact) mass is 374 g/mol. The van der Waals surface area contributed by atoms with Gasteiger partial charge in [-0.25, -0.2) is 0 Å². The lowest BCUT2D eigenvalue weighted by Gasteiger charge is -2.07. The number of rotatable bonds is 4. The smallest absolute Gasteiger partial charge is 0.188 e. The highest BCUT2D eigenvalue weighted by Crippen LogP contribution is 2.03. The molecule has 2 rings (SSSR count). The Balaban J connectivity index is 0.00000180. The van der Waals surface area contributed by atoms with E-state index in [-0.39, 0.29) is 24.0 Å². The number of aliphatic imine (C=N–C) groups is 1. The van der Waals surface area contributed by atoms with Crippen LogP contribution in [-0.2, 0) is 6.42 Å². The second-order valence-corrected chi connectivity index (χ2v) is 4.36. The van der Waals surface area contributed by atoms with Gasteiger partial charge in [0.2, 0.25) is 0 Å². The van der Waals surface area contributed by atoms with Crippen molar-refractivity contribution in [2.24, 2.45) is 10.7 Å². The summed E-state index contributed by atoms with van der Waals surface area (Å²) in [6, 6.07) is 6.12. The van der Waals surface area contributed by atoms with Crippen molar-refractivity contribution < 1.29 is 0 Å². The lowest BCUT2D eigenvalue weighted by molar-refractivity contribution is 0.721. The zero-order valence-corrected chi connectivity index (χ0v) is 13.4. The quantitative estimate of drug-likeness (QED) is 0.479. The molecule has 0 amide bonds. The predicted octanol–water partition coefficient (Wildman–Crippen LogP) is 1.20. The van der Waals surface area contributed by atoms with Gasteiger partial charge in [-0.1, -0.05) is 6.07 Å². The van der Waals surface area contributed by atoms with E-state index in [1.54, 1.807) is 0 Å². The molecular weight excluding hydrogens is 355 g/mol.